The van der Waals surface area contributed by atoms with Gasteiger partial charge in [-0.1, -0.05) is 18.7 Å². The summed E-state index contributed by atoms with van der Waals surface area (Å²) in [5, 5.41) is 24.3. The van der Waals surface area contributed by atoms with Gasteiger partial charge in [0.1, 0.15) is 0 Å². The van der Waals surface area contributed by atoms with Crippen LogP contribution in [0.4, 0.5) is 33.8 Å². The third-order valence-electron chi connectivity index (χ3n) is 5.44. The molecule has 0 atom stereocenters. The second-order valence-electron chi connectivity index (χ2n) is 8.10. The van der Waals surface area contributed by atoms with Gasteiger partial charge in [-0.25, -0.2) is 4.79 Å². The van der Waals surface area contributed by atoms with Crippen LogP contribution < -0.4 is 27.0 Å². The quantitative estimate of drug-likeness (QED) is 0.228. The van der Waals surface area contributed by atoms with E-state index in [1.165, 1.54) is 0 Å². The van der Waals surface area contributed by atoms with Crippen LogP contribution in [-0.4, -0.2) is 39.7 Å². The van der Waals surface area contributed by atoms with E-state index in [9.17, 15) is 19.6 Å². The number of nitrogens with two attached hydrogens (primary N) is 1. The average molecular weight is 522 g/mol. The van der Waals surface area contributed by atoms with Crippen LogP contribution in [-0.2, 0) is 4.79 Å². The van der Waals surface area contributed by atoms with Crippen LogP contribution in [0.25, 0.3) is 11.1 Å². The molecule has 4 aromatic rings. The standard InChI is InChI=1S/C27H23N9O3/c1-3-23(37)31-22-13-16(15-28)12-19(14-22)17-4-8-21(9-5-17)33-27(39)36-25(29)34-26(35-36)32-20-10-6-18(7-11-20)24(38)30-2/h3-14H,1H2,2H3,(H,30,38)(H,31,37)(H,33,39)(H3,29,32,34,35). The van der Waals surface area contributed by atoms with E-state index in [4.69, 9.17) is 5.73 Å². The van der Waals surface area contributed by atoms with Crippen molar-refractivity contribution in [2.45, 2.75) is 0 Å². The first-order chi connectivity index (χ1) is 18.8. The Morgan fingerprint density at radius 1 is 0.949 bits per heavy atom. The fourth-order valence-electron chi connectivity index (χ4n) is 3.55. The molecule has 12 nitrogen and oxygen atoms in total. The number of nitriles is 1. The van der Waals surface area contributed by atoms with Crippen molar-refractivity contribution in [3.63, 3.8) is 0 Å². The fraction of sp³-hybridized carbons (Fsp3) is 0.0370. The van der Waals surface area contributed by atoms with E-state index >= 15 is 0 Å². The molecule has 6 N–H and O–H groups in total. The first-order valence-electron chi connectivity index (χ1n) is 11.5. The number of aromatic nitrogens is 3. The Hall–Kier alpha value is -5.96. The van der Waals surface area contributed by atoms with E-state index in [1.54, 1.807) is 73.8 Å². The van der Waals surface area contributed by atoms with Crippen molar-refractivity contribution in [2.75, 3.05) is 28.7 Å². The van der Waals surface area contributed by atoms with Gasteiger partial charge in [0.2, 0.25) is 17.8 Å². The summed E-state index contributed by atoms with van der Waals surface area (Å²) >= 11 is 0. The zero-order valence-corrected chi connectivity index (χ0v) is 20.7. The molecule has 0 spiro atoms. The van der Waals surface area contributed by atoms with Crippen molar-refractivity contribution in [3.8, 4) is 17.2 Å². The molecule has 0 radical (unpaired) electrons. The summed E-state index contributed by atoms with van der Waals surface area (Å²) in [6, 6.07) is 19.9. The van der Waals surface area contributed by atoms with Crippen LogP contribution in [0, 0.1) is 11.3 Å². The Morgan fingerprint density at radius 3 is 2.28 bits per heavy atom. The van der Waals surface area contributed by atoms with Crippen LogP contribution in [0.5, 0.6) is 0 Å². The SMILES string of the molecule is C=CC(=O)Nc1cc(C#N)cc(-c2ccc(NC(=O)n3nc(Nc4ccc(C(=O)NC)cc4)nc3N)cc2)c1. The van der Waals surface area contributed by atoms with Crippen LogP contribution >= 0.6 is 0 Å². The summed E-state index contributed by atoms with van der Waals surface area (Å²) in [5.41, 5.74) is 9.74. The molecule has 12 heteroatoms. The number of hydrogen-bond donors (Lipinski definition) is 5. The largest absolute Gasteiger partial charge is 0.368 e. The fourth-order valence-corrected chi connectivity index (χ4v) is 3.55. The normalized spacial score (nSPS) is 10.2. The molecule has 0 fully saturated rings. The van der Waals surface area contributed by atoms with Crippen molar-refractivity contribution < 1.29 is 14.4 Å². The molecular formula is C27H23N9O3. The molecule has 0 aliphatic heterocycles. The van der Waals surface area contributed by atoms with Crippen molar-refractivity contribution in [3.05, 3.63) is 90.5 Å². The van der Waals surface area contributed by atoms with Crippen LogP contribution in [0.2, 0.25) is 0 Å². The zero-order valence-electron chi connectivity index (χ0n) is 20.7. The number of anilines is 5. The molecule has 0 saturated carbocycles. The molecule has 3 aromatic carbocycles. The number of rotatable bonds is 7. The number of amides is 3. The smallest absolute Gasteiger partial charge is 0.349 e. The highest BCUT2D eigenvalue weighted by Gasteiger charge is 2.15. The number of carbonyl (C=O) groups is 3. The van der Waals surface area contributed by atoms with E-state index in [2.05, 4.69) is 44.0 Å². The highest BCUT2D eigenvalue weighted by atomic mass is 16.2. The number of carbonyl (C=O) groups excluding carboxylic acids is 3. The third-order valence-corrected chi connectivity index (χ3v) is 5.44. The monoisotopic (exact) mass is 521 g/mol. The number of nitrogen functional groups attached to an aromatic ring is 1. The first kappa shape index (κ1) is 26.1. The predicted octanol–water partition coefficient (Wildman–Crippen LogP) is 3.71. The van der Waals surface area contributed by atoms with Gasteiger partial charge in [-0.05, 0) is 71.8 Å². The molecule has 0 aliphatic carbocycles. The summed E-state index contributed by atoms with van der Waals surface area (Å²) < 4.78 is 0.917. The molecule has 3 amide bonds. The molecule has 0 unspecified atom stereocenters. The highest BCUT2D eigenvalue weighted by Crippen LogP contribution is 2.26. The highest BCUT2D eigenvalue weighted by molar-refractivity contribution is 5.99. The van der Waals surface area contributed by atoms with Crippen LogP contribution in [0.1, 0.15) is 15.9 Å². The Balaban J connectivity index is 1.45. The van der Waals surface area contributed by atoms with E-state index in [-0.39, 0.29) is 17.8 Å². The van der Waals surface area contributed by atoms with Gasteiger partial charge in [0.05, 0.1) is 11.6 Å². The lowest BCUT2D eigenvalue weighted by molar-refractivity contribution is -0.111. The van der Waals surface area contributed by atoms with E-state index in [0.29, 0.717) is 33.8 Å². The molecule has 4 rings (SSSR count). The van der Waals surface area contributed by atoms with Gasteiger partial charge in [-0.15, -0.1) is 9.78 Å². The second-order valence-corrected chi connectivity index (χ2v) is 8.10. The summed E-state index contributed by atoms with van der Waals surface area (Å²) in [4.78, 5) is 40.2. The van der Waals surface area contributed by atoms with Gasteiger partial charge in [0, 0.05) is 29.7 Å². The van der Waals surface area contributed by atoms with Crippen LogP contribution in [0.15, 0.2) is 79.4 Å². The zero-order chi connectivity index (χ0) is 27.9. The van der Waals surface area contributed by atoms with Gasteiger partial charge in [0.25, 0.3) is 5.91 Å². The maximum absolute atomic E-state index is 12.8. The Bertz CT molecular complexity index is 1600. The molecule has 1 heterocycles. The van der Waals surface area contributed by atoms with Crippen molar-refractivity contribution in [1.29, 1.82) is 5.26 Å². The summed E-state index contributed by atoms with van der Waals surface area (Å²) in [5.74, 6) is -0.632. The minimum absolute atomic E-state index is 0.0995. The molecule has 39 heavy (non-hydrogen) atoms. The van der Waals surface area contributed by atoms with Gasteiger partial charge < -0.3 is 27.0 Å². The minimum Gasteiger partial charge on any atom is -0.368 e. The molecule has 0 saturated heterocycles. The van der Waals surface area contributed by atoms with Crippen molar-refractivity contribution >= 4 is 46.8 Å². The van der Waals surface area contributed by atoms with Crippen molar-refractivity contribution in [2.24, 2.45) is 0 Å². The van der Waals surface area contributed by atoms with Crippen molar-refractivity contribution in [1.82, 2.24) is 20.1 Å². The summed E-state index contributed by atoms with van der Waals surface area (Å²) in [6.07, 6.45) is 1.14. The Kier molecular flexibility index (Phi) is 7.63. The van der Waals surface area contributed by atoms with E-state index in [0.717, 1.165) is 16.3 Å². The maximum Gasteiger partial charge on any atom is 0.349 e. The summed E-state index contributed by atoms with van der Waals surface area (Å²) in [6.45, 7) is 3.43. The van der Waals surface area contributed by atoms with Gasteiger partial charge >= 0.3 is 6.03 Å². The Morgan fingerprint density at radius 2 is 1.64 bits per heavy atom. The van der Waals surface area contributed by atoms with Gasteiger partial charge in [-0.2, -0.15) is 10.2 Å². The third kappa shape index (κ3) is 6.25. The molecule has 0 aliphatic rings. The predicted molar refractivity (Wildman–Crippen MR) is 147 cm³/mol. The lowest BCUT2D eigenvalue weighted by Gasteiger charge is -2.09. The Labute approximate surface area is 223 Å². The topological polar surface area (TPSA) is 180 Å². The number of nitrogens with zero attached hydrogens (tertiary/aromatic N) is 4. The second kappa shape index (κ2) is 11.4. The maximum atomic E-state index is 12.8. The lowest BCUT2D eigenvalue weighted by Crippen LogP contribution is -2.22. The minimum atomic E-state index is -0.628. The van der Waals surface area contributed by atoms with Gasteiger partial charge in [0.15, 0.2) is 0 Å². The number of nitrogens with one attached hydrogen (secondary N) is 4. The molecular weight excluding hydrogens is 498 g/mol. The van der Waals surface area contributed by atoms with E-state index < -0.39 is 11.9 Å². The van der Waals surface area contributed by atoms with E-state index in [1.807, 2.05) is 0 Å². The number of hydrogen-bond acceptors (Lipinski definition) is 8. The first-order valence-corrected chi connectivity index (χ1v) is 11.5. The molecule has 194 valence electrons. The lowest BCUT2D eigenvalue weighted by atomic mass is 10.0. The average Bonchev–Trinajstić information content (AvgIpc) is 3.32. The van der Waals surface area contributed by atoms with Gasteiger partial charge in [-0.3, -0.25) is 9.59 Å². The molecule has 0 bridgehead atoms. The van der Waals surface area contributed by atoms with Crippen LogP contribution in [0.3, 0.4) is 0 Å². The number of benzene rings is 3. The molecule has 1 aromatic heterocycles. The summed E-state index contributed by atoms with van der Waals surface area (Å²) in [7, 11) is 1.55.